The van der Waals surface area contributed by atoms with Crippen LogP contribution in [0.5, 0.6) is 0 Å². The van der Waals surface area contributed by atoms with E-state index in [1.54, 1.807) is 0 Å². The van der Waals surface area contributed by atoms with E-state index in [1.165, 1.54) is 35.1 Å². The Morgan fingerprint density at radius 2 is 2.11 bits per heavy atom. The summed E-state index contributed by atoms with van der Waals surface area (Å²) >= 11 is 2.84. The molecule has 1 aliphatic carbocycles. The number of thioether (sulfide) groups is 1. The van der Waals surface area contributed by atoms with E-state index in [0.717, 1.165) is 42.2 Å². The molecule has 27 heavy (non-hydrogen) atoms. The van der Waals surface area contributed by atoms with E-state index in [-0.39, 0.29) is 23.7 Å². The highest BCUT2D eigenvalue weighted by Gasteiger charge is 2.28. The smallest absolute Gasteiger partial charge is 0.341 e. The number of nitrogens with one attached hydrogen (secondary N) is 1. The third-order valence-electron chi connectivity index (χ3n) is 4.46. The van der Waals surface area contributed by atoms with E-state index in [2.05, 4.69) is 33.9 Å². The summed E-state index contributed by atoms with van der Waals surface area (Å²) in [6.45, 7) is 6.18. The first-order valence-corrected chi connectivity index (χ1v) is 10.9. The van der Waals surface area contributed by atoms with Crippen LogP contribution in [-0.2, 0) is 28.8 Å². The van der Waals surface area contributed by atoms with Gasteiger partial charge in [0.2, 0.25) is 5.91 Å². The molecule has 0 bridgehead atoms. The summed E-state index contributed by atoms with van der Waals surface area (Å²) < 4.78 is 6.97. The molecule has 0 saturated carbocycles. The van der Waals surface area contributed by atoms with Gasteiger partial charge >= 0.3 is 5.97 Å². The molecule has 9 heteroatoms. The lowest BCUT2D eigenvalue weighted by Gasteiger charge is -2.12. The van der Waals surface area contributed by atoms with Crippen molar-refractivity contribution in [1.82, 2.24) is 14.8 Å². The summed E-state index contributed by atoms with van der Waals surface area (Å²) in [4.78, 5) is 25.8. The lowest BCUT2D eigenvalue weighted by Crippen LogP contribution is -2.17. The van der Waals surface area contributed by atoms with Crippen LogP contribution in [0.15, 0.2) is 5.16 Å². The number of hydrogen-bond acceptors (Lipinski definition) is 7. The molecule has 0 saturated heterocycles. The molecule has 2 heterocycles. The Balaban J connectivity index is 1.71. The molecule has 1 N–H and O–H groups in total. The number of carbonyl (C=O) groups is 2. The summed E-state index contributed by atoms with van der Waals surface area (Å²) in [5.74, 6) is 0.569. The van der Waals surface area contributed by atoms with Crippen LogP contribution in [0.25, 0.3) is 0 Å². The third-order valence-corrected chi connectivity index (χ3v) is 6.61. The van der Waals surface area contributed by atoms with Crippen molar-refractivity contribution in [1.29, 1.82) is 0 Å². The van der Waals surface area contributed by atoms with Gasteiger partial charge in [-0.25, -0.2) is 4.79 Å². The van der Waals surface area contributed by atoms with Gasteiger partial charge in [0.1, 0.15) is 10.8 Å². The van der Waals surface area contributed by atoms with Crippen molar-refractivity contribution >= 4 is 40.0 Å². The Hall–Kier alpha value is -1.87. The molecule has 0 atom stereocenters. The predicted molar refractivity (Wildman–Crippen MR) is 107 cm³/mol. The Bertz CT molecular complexity index is 857. The maximum atomic E-state index is 12.5. The van der Waals surface area contributed by atoms with Gasteiger partial charge in [0.15, 0.2) is 5.16 Å². The standard InChI is InChI=1S/C18H24N4O3S2/c1-5-13-20-21-18(22(13)10(2)3)26-9-14(23)19-16-15(17(24)25-4)11-7-6-8-12(11)27-16/h10H,5-9H2,1-4H3,(H,19,23). The van der Waals surface area contributed by atoms with Crippen molar-refractivity contribution in [2.75, 3.05) is 18.2 Å². The van der Waals surface area contributed by atoms with Crippen molar-refractivity contribution in [2.24, 2.45) is 0 Å². The van der Waals surface area contributed by atoms with Gasteiger partial charge in [0, 0.05) is 17.3 Å². The molecule has 146 valence electrons. The number of methoxy groups -OCH3 is 1. The molecule has 0 radical (unpaired) electrons. The van der Waals surface area contributed by atoms with E-state index < -0.39 is 0 Å². The molecule has 1 amide bonds. The van der Waals surface area contributed by atoms with Gasteiger partial charge < -0.3 is 14.6 Å². The number of rotatable bonds is 7. The Morgan fingerprint density at radius 1 is 1.33 bits per heavy atom. The summed E-state index contributed by atoms with van der Waals surface area (Å²) in [5, 5.41) is 12.6. The summed E-state index contributed by atoms with van der Waals surface area (Å²) in [6, 6.07) is 0.228. The van der Waals surface area contributed by atoms with Crippen LogP contribution < -0.4 is 5.32 Å². The molecular formula is C18H24N4O3S2. The maximum Gasteiger partial charge on any atom is 0.341 e. The zero-order chi connectivity index (χ0) is 19.6. The molecular weight excluding hydrogens is 384 g/mol. The van der Waals surface area contributed by atoms with Crippen LogP contribution >= 0.6 is 23.1 Å². The quantitative estimate of drug-likeness (QED) is 0.557. The second kappa shape index (κ2) is 8.43. The lowest BCUT2D eigenvalue weighted by atomic mass is 10.1. The topological polar surface area (TPSA) is 86.1 Å². The molecule has 0 aromatic carbocycles. The van der Waals surface area contributed by atoms with E-state index in [0.29, 0.717) is 10.6 Å². The number of ether oxygens (including phenoxy) is 1. The van der Waals surface area contributed by atoms with E-state index in [1.807, 2.05) is 6.92 Å². The summed E-state index contributed by atoms with van der Waals surface area (Å²) in [7, 11) is 1.37. The number of aromatic nitrogens is 3. The fourth-order valence-corrected chi connectivity index (χ4v) is 5.45. The van der Waals surface area contributed by atoms with Gasteiger partial charge in [-0.1, -0.05) is 18.7 Å². The SMILES string of the molecule is CCc1nnc(SCC(=O)Nc2sc3c(c2C(=O)OC)CCC3)n1C(C)C. The van der Waals surface area contributed by atoms with Crippen LogP contribution in [0.2, 0.25) is 0 Å². The van der Waals surface area contributed by atoms with E-state index >= 15 is 0 Å². The average Bonchev–Trinajstić information content (AvgIpc) is 3.32. The van der Waals surface area contributed by atoms with Gasteiger partial charge in [0.05, 0.1) is 18.4 Å². The fourth-order valence-electron chi connectivity index (χ4n) is 3.27. The first-order chi connectivity index (χ1) is 13.0. The molecule has 0 fully saturated rings. The Kier molecular flexibility index (Phi) is 6.21. The zero-order valence-corrected chi connectivity index (χ0v) is 17.6. The second-order valence-electron chi connectivity index (χ2n) is 6.61. The van der Waals surface area contributed by atoms with Crippen molar-refractivity contribution in [2.45, 2.75) is 57.7 Å². The number of esters is 1. The van der Waals surface area contributed by atoms with Crippen LogP contribution in [0.3, 0.4) is 0 Å². The number of hydrogen-bond donors (Lipinski definition) is 1. The fraction of sp³-hybridized carbons (Fsp3) is 0.556. The predicted octanol–water partition coefficient (Wildman–Crippen LogP) is 3.49. The van der Waals surface area contributed by atoms with Gasteiger partial charge in [0.25, 0.3) is 0 Å². The van der Waals surface area contributed by atoms with Crippen molar-refractivity contribution < 1.29 is 14.3 Å². The van der Waals surface area contributed by atoms with E-state index in [9.17, 15) is 9.59 Å². The number of anilines is 1. The zero-order valence-electron chi connectivity index (χ0n) is 16.0. The molecule has 0 aliphatic heterocycles. The molecule has 2 aromatic heterocycles. The number of carbonyl (C=O) groups excluding carboxylic acids is 2. The summed E-state index contributed by atoms with van der Waals surface area (Å²) in [5.41, 5.74) is 1.55. The first kappa shape index (κ1) is 19.9. The maximum absolute atomic E-state index is 12.5. The molecule has 1 aliphatic rings. The van der Waals surface area contributed by atoms with Crippen LogP contribution in [-0.4, -0.2) is 39.5 Å². The van der Waals surface area contributed by atoms with Crippen LogP contribution in [0.1, 0.15) is 59.9 Å². The Labute approximate surface area is 166 Å². The number of nitrogens with zero attached hydrogens (tertiary/aromatic N) is 3. The molecule has 3 rings (SSSR count). The summed E-state index contributed by atoms with van der Waals surface area (Å²) in [6.07, 6.45) is 3.64. The average molecular weight is 409 g/mol. The van der Waals surface area contributed by atoms with Crippen LogP contribution in [0, 0.1) is 0 Å². The number of aryl methyl sites for hydroxylation is 2. The molecule has 7 nitrogen and oxygen atoms in total. The second-order valence-corrected chi connectivity index (χ2v) is 8.65. The van der Waals surface area contributed by atoms with E-state index in [4.69, 9.17) is 4.74 Å². The third kappa shape index (κ3) is 4.03. The Morgan fingerprint density at radius 3 is 2.78 bits per heavy atom. The number of thiophene rings is 1. The minimum atomic E-state index is -0.385. The van der Waals surface area contributed by atoms with Crippen LogP contribution in [0.4, 0.5) is 5.00 Å². The van der Waals surface area contributed by atoms with Gasteiger partial charge in [-0.2, -0.15) is 0 Å². The molecule has 0 unspecified atom stereocenters. The van der Waals surface area contributed by atoms with Crippen molar-refractivity contribution in [3.05, 3.63) is 21.8 Å². The monoisotopic (exact) mass is 408 g/mol. The van der Waals surface area contributed by atoms with Crippen molar-refractivity contribution in [3.8, 4) is 0 Å². The lowest BCUT2D eigenvalue weighted by molar-refractivity contribution is -0.113. The highest BCUT2D eigenvalue weighted by Crippen LogP contribution is 2.39. The normalized spacial score (nSPS) is 13.1. The van der Waals surface area contributed by atoms with Gasteiger partial charge in [-0.3, -0.25) is 4.79 Å². The first-order valence-electron chi connectivity index (χ1n) is 9.05. The largest absolute Gasteiger partial charge is 0.465 e. The minimum absolute atomic E-state index is 0.165. The minimum Gasteiger partial charge on any atom is -0.465 e. The highest BCUT2D eigenvalue weighted by atomic mass is 32.2. The van der Waals surface area contributed by atoms with Gasteiger partial charge in [-0.15, -0.1) is 21.5 Å². The molecule has 0 spiro atoms. The van der Waals surface area contributed by atoms with Crippen molar-refractivity contribution in [3.63, 3.8) is 0 Å². The number of fused-ring (bicyclic) bond motifs is 1. The highest BCUT2D eigenvalue weighted by molar-refractivity contribution is 7.99. The molecule has 2 aromatic rings. The van der Waals surface area contributed by atoms with Gasteiger partial charge in [-0.05, 0) is 38.7 Å². The number of amides is 1.